The molecule has 1 aliphatic rings. The molecule has 0 aliphatic carbocycles. The van der Waals surface area contributed by atoms with Crippen molar-refractivity contribution in [2.75, 3.05) is 13.2 Å². The quantitative estimate of drug-likeness (QED) is 0.609. The summed E-state index contributed by atoms with van der Waals surface area (Å²) in [6, 6.07) is 6.15. The maximum atomic E-state index is 5.69. The molecule has 0 saturated carbocycles. The summed E-state index contributed by atoms with van der Waals surface area (Å²) in [5.74, 6) is 6.12. The number of aromatic nitrogens is 2. The van der Waals surface area contributed by atoms with E-state index >= 15 is 0 Å². The number of hydrazine groups is 1. The smallest absolute Gasteiger partial charge is 0.0710 e. The van der Waals surface area contributed by atoms with Crippen molar-refractivity contribution in [2.24, 2.45) is 11.8 Å². The minimum absolute atomic E-state index is 0.109. The molecule has 17 heavy (non-hydrogen) atoms. The molecule has 0 radical (unpaired) electrons. The number of pyridine rings is 1. The van der Waals surface area contributed by atoms with Crippen LogP contribution in [0.15, 0.2) is 30.6 Å². The molecule has 5 heteroatoms. The summed E-state index contributed by atoms with van der Waals surface area (Å²) in [7, 11) is 0. The highest BCUT2D eigenvalue weighted by atomic mass is 16.5. The molecule has 2 atom stereocenters. The number of hydrogen-bond acceptors (Lipinski definition) is 4. The van der Waals surface area contributed by atoms with Gasteiger partial charge in [0.25, 0.3) is 0 Å². The molecule has 2 aromatic rings. The molecule has 0 bridgehead atoms. The second kappa shape index (κ2) is 4.44. The zero-order valence-electron chi connectivity index (χ0n) is 9.54. The van der Waals surface area contributed by atoms with Gasteiger partial charge in [0.15, 0.2) is 0 Å². The van der Waals surface area contributed by atoms with Crippen molar-refractivity contribution in [1.82, 2.24) is 15.0 Å². The largest absolute Gasteiger partial charge is 0.381 e. The molecule has 1 saturated heterocycles. The highest BCUT2D eigenvalue weighted by Crippen LogP contribution is 2.30. The third kappa shape index (κ3) is 1.82. The average Bonchev–Trinajstić information content (AvgIpc) is 3.01. The Hall–Kier alpha value is -1.43. The molecule has 3 heterocycles. The van der Waals surface area contributed by atoms with E-state index in [1.165, 1.54) is 0 Å². The third-order valence-electron chi connectivity index (χ3n) is 3.41. The van der Waals surface area contributed by atoms with Gasteiger partial charge in [0.1, 0.15) is 0 Å². The molecule has 2 aromatic heterocycles. The van der Waals surface area contributed by atoms with Crippen LogP contribution in [0.4, 0.5) is 0 Å². The summed E-state index contributed by atoms with van der Waals surface area (Å²) in [5.41, 5.74) is 5.15. The Morgan fingerprint density at radius 1 is 1.53 bits per heavy atom. The number of nitrogens with two attached hydrogens (primary N) is 1. The van der Waals surface area contributed by atoms with Crippen molar-refractivity contribution in [2.45, 2.75) is 12.5 Å². The fourth-order valence-corrected chi connectivity index (χ4v) is 2.49. The summed E-state index contributed by atoms with van der Waals surface area (Å²) in [6.07, 6.45) is 4.87. The lowest BCUT2D eigenvalue weighted by Gasteiger charge is -2.20. The van der Waals surface area contributed by atoms with E-state index < -0.39 is 0 Å². The Kier molecular flexibility index (Phi) is 2.80. The van der Waals surface area contributed by atoms with Crippen LogP contribution in [0, 0.1) is 5.92 Å². The summed E-state index contributed by atoms with van der Waals surface area (Å²) < 4.78 is 7.30. The molecule has 3 rings (SSSR count). The van der Waals surface area contributed by atoms with Crippen LogP contribution in [-0.2, 0) is 4.74 Å². The molecule has 0 amide bonds. The number of hydrogen-bond donors (Lipinski definition) is 2. The molecular formula is C12H16N4O. The second-order valence-corrected chi connectivity index (χ2v) is 4.40. The van der Waals surface area contributed by atoms with Crippen LogP contribution in [0.25, 0.3) is 5.52 Å². The van der Waals surface area contributed by atoms with Crippen LogP contribution in [0.1, 0.15) is 18.0 Å². The Morgan fingerprint density at radius 3 is 3.24 bits per heavy atom. The van der Waals surface area contributed by atoms with E-state index in [1.807, 2.05) is 29.0 Å². The Bertz CT molecular complexity index is 504. The van der Waals surface area contributed by atoms with E-state index in [2.05, 4.69) is 16.6 Å². The minimum atomic E-state index is 0.109. The maximum absolute atomic E-state index is 5.69. The van der Waals surface area contributed by atoms with E-state index in [1.54, 1.807) is 0 Å². The number of rotatable bonds is 3. The van der Waals surface area contributed by atoms with Gasteiger partial charge >= 0.3 is 0 Å². The zero-order valence-corrected chi connectivity index (χ0v) is 9.54. The van der Waals surface area contributed by atoms with Crippen LogP contribution in [0.3, 0.4) is 0 Å². The SMILES string of the molecule is NNC(c1cnn2ccccc12)C1CCOC1. The standard InChI is InChI=1S/C12H16N4O/c13-15-12(9-4-6-17-8-9)10-7-14-16-5-2-1-3-11(10)16/h1-3,5,7,9,12,15H,4,6,8,13H2. The lowest BCUT2D eigenvalue weighted by molar-refractivity contribution is 0.177. The Labute approximate surface area is 99.5 Å². The number of nitrogens with one attached hydrogen (secondary N) is 1. The van der Waals surface area contributed by atoms with Gasteiger partial charge in [-0.2, -0.15) is 5.10 Å². The fourth-order valence-electron chi connectivity index (χ4n) is 2.49. The fraction of sp³-hybridized carbons (Fsp3) is 0.417. The van der Waals surface area contributed by atoms with Crippen molar-refractivity contribution in [3.63, 3.8) is 0 Å². The van der Waals surface area contributed by atoms with Gasteiger partial charge in [-0.1, -0.05) is 6.07 Å². The first-order valence-electron chi connectivity index (χ1n) is 5.86. The van der Waals surface area contributed by atoms with Crippen molar-refractivity contribution in [3.05, 3.63) is 36.2 Å². The highest BCUT2D eigenvalue weighted by Gasteiger charge is 2.28. The second-order valence-electron chi connectivity index (χ2n) is 4.40. The highest BCUT2D eigenvalue weighted by molar-refractivity contribution is 5.55. The predicted molar refractivity (Wildman–Crippen MR) is 64.2 cm³/mol. The van der Waals surface area contributed by atoms with Gasteiger partial charge in [-0.05, 0) is 18.6 Å². The predicted octanol–water partition coefficient (Wildman–Crippen LogP) is 0.875. The lowest BCUT2D eigenvalue weighted by atomic mass is 9.94. The van der Waals surface area contributed by atoms with E-state index in [-0.39, 0.29) is 6.04 Å². The first-order chi connectivity index (χ1) is 8.40. The summed E-state index contributed by atoms with van der Waals surface area (Å²) in [5, 5.41) is 4.34. The molecule has 5 nitrogen and oxygen atoms in total. The van der Waals surface area contributed by atoms with Gasteiger partial charge in [0, 0.05) is 24.3 Å². The van der Waals surface area contributed by atoms with Crippen LogP contribution in [0.2, 0.25) is 0 Å². The monoisotopic (exact) mass is 232 g/mol. The van der Waals surface area contributed by atoms with E-state index in [4.69, 9.17) is 10.6 Å². The van der Waals surface area contributed by atoms with Crippen LogP contribution < -0.4 is 11.3 Å². The third-order valence-corrected chi connectivity index (χ3v) is 3.41. The molecule has 0 aromatic carbocycles. The van der Waals surface area contributed by atoms with Gasteiger partial charge in [-0.25, -0.2) is 4.52 Å². The Balaban J connectivity index is 2.00. The van der Waals surface area contributed by atoms with Crippen molar-refractivity contribution in [1.29, 1.82) is 0 Å². The van der Waals surface area contributed by atoms with Crippen LogP contribution in [0.5, 0.6) is 0 Å². The lowest BCUT2D eigenvalue weighted by Crippen LogP contribution is -2.33. The number of ether oxygens (including phenoxy) is 1. The van der Waals surface area contributed by atoms with Crippen LogP contribution in [-0.4, -0.2) is 22.8 Å². The molecule has 0 spiro atoms. The average molecular weight is 232 g/mol. The van der Waals surface area contributed by atoms with Gasteiger partial charge in [-0.15, -0.1) is 0 Å². The topological polar surface area (TPSA) is 64.6 Å². The molecule has 2 unspecified atom stereocenters. The zero-order chi connectivity index (χ0) is 11.7. The molecule has 90 valence electrons. The van der Waals surface area contributed by atoms with Crippen molar-refractivity contribution in [3.8, 4) is 0 Å². The van der Waals surface area contributed by atoms with Crippen molar-refractivity contribution < 1.29 is 4.74 Å². The van der Waals surface area contributed by atoms with E-state index in [0.717, 1.165) is 30.7 Å². The number of nitrogens with zero attached hydrogens (tertiary/aromatic N) is 2. The van der Waals surface area contributed by atoms with Gasteiger partial charge in [0.05, 0.1) is 24.4 Å². The van der Waals surface area contributed by atoms with Gasteiger partial charge < -0.3 is 4.74 Å². The Morgan fingerprint density at radius 2 is 2.47 bits per heavy atom. The maximum Gasteiger partial charge on any atom is 0.0710 e. The summed E-state index contributed by atoms with van der Waals surface area (Å²) in [4.78, 5) is 0. The summed E-state index contributed by atoms with van der Waals surface area (Å²) >= 11 is 0. The van der Waals surface area contributed by atoms with Gasteiger partial charge in [-0.3, -0.25) is 11.3 Å². The molecule has 1 fully saturated rings. The molecule has 3 N–H and O–H groups in total. The first kappa shape index (κ1) is 10.7. The number of fused-ring (bicyclic) bond motifs is 1. The molecular weight excluding hydrogens is 216 g/mol. The van der Waals surface area contributed by atoms with E-state index in [0.29, 0.717) is 5.92 Å². The van der Waals surface area contributed by atoms with E-state index in [9.17, 15) is 0 Å². The van der Waals surface area contributed by atoms with Crippen molar-refractivity contribution >= 4 is 5.52 Å². The first-order valence-corrected chi connectivity index (χ1v) is 5.86. The molecule has 1 aliphatic heterocycles. The minimum Gasteiger partial charge on any atom is -0.381 e. The normalized spacial score (nSPS) is 22.1. The summed E-state index contributed by atoms with van der Waals surface area (Å²) in [6.45, 7) is 1.58. The van der Waals surface area contributed by atoms with Gasteiger partial charge in [0.2, 0.25) is 0 Å². The van der Waals surface area contributed by atoms with Crippen LogP contribution >= 0.6 is 0 Å².